The van der Waals surface area contributed by atoms with Gasteiger partial charge in [-0.05, 0) is 19.3 Å². The SMILES string of the molecule is O=C1NCC(CNC2CCCC(C(=O)O)C2)O1. The number of nitrogens with one attached hydrogen (secondary N) is 2. The van der Waals surface area contributed by atoms with Gasteiger partial charge in [-0.15, -0.1) is 0 Å². The second kappa shape index (κ2) is 5.35. The molecular formula is C11H18N2O4. The van der Waals surface area contributed by atoms with Crippen molar-refractivity contribution in [2.24, 2.45) is 5.92 Å². The van der Waals surface area contributed by atoms with Crippen molar-refractivity contribution >= 4 is 12.1 Å². The molecule has 0 bridgehead atoms. The van der Waals surface area contributed by atoms with E-state index >= 15 is 0 Å². The molecule has 0 aromatic carbocycles. The predicted molar refractivity (Wildman–Crippen MR) is 59.7 cm³/mol. The minimum Gasteiger partial charge on any atom is -0.481 e. The summed E-state index contributed by atoms with van der Waals surface area (Å²) in [6.07, 6.45) is 2.88. The Labute approximate surface area is 99.7 Å². The van der Waals surface area contributed by atoms with Gasteiger partial charge in [0.25, 0.3) is 0 Å². The van der Waals surface area contributed by atoms with Gasteiger partial charge in [-0.3, -0.25) is 4.79 Å². The highest BCUT2D eigenvalue weighted by atomic mass is 16.6. The van der Waals surface area contributed by atoms with E-state index in [1.807, 2.05) is 0 Å². The Morgan fingerprint density at radius 2 is 2.35 bits per heavy atom. The van der Waals surface area contributed by atoms with Gasteiger partial charge < -0.3 is 20.5 Å². The molecule has 1 aliphatic heterocycles. The van der Waals surface area contributed by atoms with Crippen LogP contribution >= 0.6 is 0 Å². The second-order valence-electron chi connectivity index (χ2n) is 4.72. The van der Waals surface area contributed by atoms with Crippen molar-refractivity contribution in [2.45, 2.75) is 37.8 Å². The molecule has 0 spiro atoms. The molecule has 0 radical (unpaired) electrons. The van der Waals surface area contributed by atoms with Gasteiger partial charge in [0.1, 0.15) is 6.10 Å². The van der Waals surface area contributed by atoms with Gasteiger partial charge in [-0.1, -0.05) is 6.42 Å². The average Bonchev–Trinajstić information content (AvgIpc) is 2.73. The maximum absolute atomic E-state index is 10.9. The number of aliphatic carboxylic acids is 1. The summed E-state index contributed by atoms with van der Waals surface area (Å²) in [5.74, 6) is -0.934. The molecular weight excluding hydrogens is 224 g/mol. The standard InChI is InChI=1S/C11H18N2O4/c14-10(15)7-2-1-3-8(4-7)12-5-9-6-13-11(16)17-9/h7-9,12H,1-6H2,(H,13,16)(H,14,15). The Balaban J connectivity index is 1.71. The number of carbonyl (C=O) groups excluding carboxylic acids is 1. The minimum atomic E-state index is -0.703. The van der Waals surface area contributed by atoms with Crippen LogP contribution in [0.5, 0.6) is 0 Å². The third kappa shape index (κ3) is 3.33. The summed E-state index contributed by atoms with van der Waals surface area (Å²) in [5.41, 5.74) is 0. The quantitative estimate of drug-likeness (QED) is 0.661. The molecule has 1 amide bonds. The van der Waals surface area contributed by atoms with Gasteiger partial charge in [-0.2, -0.15) is 0 Å². The van der Waals surface area contributed by atoms with Crippen LogP contribution < -0.4 is 10.6 Å². The number of hydrogen-bond acceptors (Lipinski definition) is 4. The van der Waals surface area contributed by atoms with E-state index in [1.54, 1.807) is 0 Å². The molecule has 0 aromatic rings. The number of ether oxygens (including phenoxy) is 1. The second-order valence-corrected chi connectivity index (χ2v) is 4.72. The van der Waals surface area contributed by atoms with E-state index in [0.29, 0.717) is 19.5 Å². The third-order valence-electron chi connectivity index (χ3n) is 3.41. The van der Waals surface area contributed by atoms with E-state index < -0.39 is 5.97 Å². The smallest absolute Gasteiger partial charge is 0.407 e. The lowest BCUT2D eigenvalue weighted by molar-refractivity contribution is -0.143. The molecule has 3 atom stereocenters. The fourth-order valence-electron chi connectivity index (χ4n) is 2.44. The van der Waals surface area contributed by atoms with E-state index in [0.717, 1.165) is 19.3 Å². The van der Waals surface area contributed by atoms with Crippen LogP contribution in [-0.2, 0) is 9.53 Å². The molecule has 3 unspecified atom stereocenters. The summed E-state index contributed by atoms with van der Waals surface area (Å²) >= 11 is 0. The van der Waals surface area contributed by atoms with E-state index in [-0.39, 0.29) is 24.2 Å². The number of cyclic esters (lactones) is 1. The van der Waals surface area contributed by atoms with Crippen molar-refractivity contribution in [3.05, 3.63) is 0 Å². The summed E-state index contributed by atoms with van der Waals surface area (Å²) < 4.78 is 5.00. The number of rotatable bonds is 4. The summed E-state index contributed by atoms with van der Waals surface area (Å²) in [6, 6.07) is 0.226. The number of amides is 1. The summed E-state index contributed by atoms with van der Waals surface area (Å²) in [6.45, 7) is 1.12. The molecule has 17 heavy (non-hydrogen) atoms. The maximum Gasteiger partial charge on any atom is 0.407 e. The van der Waals surface area contributed by atoms with Crippen LogP contribution in [0.1, 0.15) is 25.7 Å². The zero-order valence-electron chi connectivity index (χ0n) is 9.65. The molecule has 96 valence electrons. The van der Waals surface area contributed by atoms with Crippen LogP contribution in [0.4, 0.5) is 4.79 Å². The van der Waals surface area contributed by atoms with E-state index in [1.165, 1.54) is 0 Å². The molecule has 1 saturated heterocycles. The lowest BCUT2D eigenvalue weighted by Crippen LogP contribution is -2.41. The van der Waals surface area contributed by atoms with Crippen LogP contribution in [0.2, 0.25) is 0 Å². The number of hydrogen-bond donors (Lipinski definition) is 3. The average molecular weight is 242 g/mol. The molecule has 6 heteroatoms. The van der Waals surface area contributed by atoms with E-state index in [2.05, 4.69) is 10.6 Å². The van der Waals surface area contributed by atoms with Gasteiger partial charge in [0.15, 0.2) is 0 Å². The molecule has 2 fully saturated rings. The van der Waals surface area contributed by atoms with E-state index in [4.69, 9.17) is 9.84 Å². The van der Waals surface area contributed by atoms with Crippen LogP contribution in [0.15, 0.2) is 0 Å². The summed E-state index contributed by atoms with van der Waals surface area (Å²) in [5, 5.41) is 14.8. The highest BCUT2D eigenvalue weighted by Gasteiger charge is 2.28. The van der Waals surface area contributed by atoms with E-state index in [9.17, 15) is 9.59 Å². The predicted octanol–water partition coefficient (Wildman–Crippen LogP) is 0.328. The first-order valence-corrected chi connectivity index (χ1v) is 6.06. The maximum atomic E-state index is 10.9. The Hall–Kier alpha value is -1.30. The van der Waals surface area contributed by atoms with Crippen LogP contribution in [0.3, 0.4) is 0 Å². The Kier molecular flexibility index (Phi) is 3.83. The normalized spacial score (nSPS) is 32.9. The van der Waals surface area contributed by atoms with Gasteiger partial charge >= 0.3 is 12.1 Å². The first-order chi connectivity index (χ1) is 8.15. The Bertz CT molecular complexity index is 308. The summed E-state index contributed by atoms with van der Waals surface area (Å²) in [4.78, 5) is 21.7. The van der Waals surface area contributed by atoms with Crippen molar-refractivity contribution in [3.8, 4) is 0 Å². The highest BCUT2D eigenvalue weighted by Crippen LogP contribution is 2.24. The van der Waals surface area contributed by atoms with Crippen LogP contribution in [0, 0.1) is 5.92 Å². The highest BCUT2D eigenvalue weighted by molar-refractivity contribution is 5.70. The molecule has 1 aliphatic carbocycles. The van der Waals surface area contributed by atoms with Gasteiger partial charge in [0.05, 0.1) is 12.5 Å². The van der Waals surface area contributed by atoms with Crippen LogP contribution in [-0.4, -0.2) is 42.4 Å². The molecule has 3 N–H and O–H groups in total. The third-order valence-corrected chi connectivity index (χ3v) is 3.41. The zero-order valence-corrected chi connectivity index (χ0v) is 9.65. The lowest BCUT2D eigenvalue weighted by atomic mass is 9.86. The first-order valence-electron chi connectivity index (χ1n) is 6.06. The summed E-state index contributed by atoms with van der Waals surface area (Å²) in [7, 11) is 0. The zero-order chi connectivity index (χ0) is 12.3. The number of carboxylic acid groups (broad SMARTS) is 1. The number of alkyl carbamates (subject to hydrolysis) is 1. The Morgan fingerprint density at radius 1 is 1.53 bits per heavy atom. The van der Waals surface area contributed by atoms with Gasteiger partial charge in [0, 0.05) is 12.6 Å². The lowest BCUT2D eigenvalue weighted by Gasteiger charge is -2.28. The minimum absolute atomic E-state index is 0.132. The fourth-order valence-corrected chi connectivity index (χ4v) is 2.44. The monoisotopic (exact) mass is 242 g/mol. The van der Waals surface area contributed by atoms with Crippen LogP contribution in [0.25, 0.3) is 0 Å². The molecule has 1 heterocycles. The van der Waals surface area contributed by atoms with Crippen molar-refractivity contribution in [2.75, 3.05) is 13.1 Å². The van der Waals surface area contributed by atoms with Crippen molar-refractivity contribution < 1.29 is 19.4 Å². The molecule has 6 nitrogen and oxygen atoms in total. The number of carbonyl (C=O) groups is 2. The first kappa shape index (κ1) is 12.2. The van der Waals surface area contributed by atoms with Crippen molar-refractivity contribution in [1.29, 1.82) is 0 Å². The largest absolute Gasteiger partial charge is 0.481 e. The molecule has 2 aliphatic rings. The van der Waals surface area contributed by atoms with Crippen molar-refractivity contribution in [1.82, 2.24) is 10.6 Å². The topological polar surface area (TPSA) is 87.7 Å². The Morgan fingerprint density at radius 3 is 3.00 bits per heavy atom. The van der Waals surface area contributed by atoms with Crippen molar-refractivity contribution in [3.63, 3.8) is 0 Å². The number of carboxylic acids is 1. The fraction of sp³-hybridized carbons (Fsp3) is 0.818. The van der Waals surface area contributed by atoms with Gasteiger partial charge in [0.2, 0.25) is 0 Å². The molecule has 2 rings (SSSR count). The molecule has 0 aromatic heterocycles. The molecule has 1 saturated carbocycles. The van der Waals surface area contributed by atoms with Gasteiger partial charge in [-0.25, -0.2) is 4.79 Å².